The molecule has 2 heteroatoms. The second-order valence-corrected chi connectivity index (χ2v) is 5.92. The van der Waals surface area contributed by atoms with E-state index in [1.807, 2.05) is 0 Å². The van der Waals surface area contributed by atoms with Gasteiger partial charge in [0.1, 0.15) is 0 Å². The van der Waals surface area contributed by atoms with Gasteiger partial charge in [-0.05, 0) is 43.5 Å². The summed E-state index contributed by atoms with van der Waals surface area (Å²) in [5.41, 5.74) is 2.74. The Kier molecular flexibility index (Phi) is 5.71. The Bertz CT molecular complexity index is 365. The molecule has 1 aromatic carbocycles. The number of nitrogens with zero attached hydrogens (tertiary/aromatic N) is 1. The molecule has 0 saturated carbocycles. The van der Waals surface area contributed by atoms with Crippen molar-refractivity contribution in [1.29, 1.82) is 0 Å². The average molecular weight is 260 g/mol. The number of rotatable bonds is 5. The van der Waals surface area contributed by atoms with Crippen molar-refractivity contribution >= 4 is 5.69 Å². The number of nitrogens with one attached hydrogen (secondary N) is 1. The lowest BCUT2D eigenvalue weighted by Gasteiger charge is -2.21. The smallest absolute Gasteiger partial charge is 0.0375 e. The molecule has 0 amide bonds. The SMILES string of the molecule is CC(C)c1ccccc1NCCN1CCCCCC1. The summed E-state index contributed by atoms with van der Waals surface area (Å²) in [6, 6.07) is 8.70. The van der Waals surface area contributed by atoms with Gasteiger partial charge in [-0.15, -0.1) is 0 Å². The van der Waals surface area contributed by atoms with Crippen LogP contribution in [0.15, 0.2) is 24.3 Å². The number of anilines is 1. The minimum absolute atomic E-state index is 0.585. The van der Waals surface area contributed by atoms with Crippen molar-refractivity contribution in [3.63, 3.8) is 0 Å². The lowest BCUT2D eigenvalue weighted by atomic mass is 10.0. The molecule has 0 aliphatic carbocycles. The van der Waals surface area contributed by atoms with Gasteiger partial charge < -0.3 is 10.2 Å². The van der Waals surface area contributed by atoms with Crippen molar-refractivity contribution in [3.05, 3.63) is 29.8 Å². The molecular weight excluding hydrogens is 232 g/mol. The van der Waals surface area contributed by atoms with E-state index in [1.54, 1.807) is 0 Å². The molecule has 106 valence electrons. The molecule has 19 heavy (non-hydrogen) atoms. The highest BCUT2D eigenvalue weighted by Gasteiger charge is 2.09. The normalized spacial score (nSPS) is 17.4. The van der Waals surface area contributed by atoms with Crippen molar-refractivity contribution in [2.75, 3.05) is 31.5 Å². The molecule has 0 radical (unpaired) electrons. The maximum absolute atomic E-state index is 3.62. The second-order valence-electron chi connectivity index (χ2n) is 5.92. The molecular formula is C17H28N2. The zero-order valence-corrected chi connectivity index (χ0v) is 12.5. The number of hydrogen-bond acceptors (Lipinski definition) is 2. The Morgan fingerprint density at radius 1 is 1.05 bits per heavy atom. The summed E-state index contributed by atoms with van der Waals surface area (Å²) in [6.07, 6.45) is 5.59. The quantitative estimate of drug-likeness (QED) is 0.857. The molecule has 0 bridgehead atoms. The third-order valence-electron chi connectivity index (χ3n) is 4.02. The molecule has 1 aromatic rings. The van der Waals surface area contributed by atoms with Gasteiger partial charge >= 0.3 is 0 Å². The van der Waals surface area contributed by atoms with Crippen LogP contribution in [0.3, 0.4) is 0 Å². The first-order chi connectivity index (χ1) is 9.27. The summed E-state index contributed by atoms with van der Waals surface area (Å²) < 4.78 is 0. The van der Waals surface area contributed by atoms with Gasteiger partial charge in [0.15, 0.2) is 0 Å². The predicted molar refractivity (Wildman–Crippen MR) is 83.9 cm³/mol. The van der Waals surface area contributed by atoms with Crippen LogP contribution in [0.25, 0.3) is 0 Å². The molecule has 1 fully saturated rings. The van der Waals surface area contributed by atoms with E-state index >= 15 is 0 Å². The number of benzene rings is 1. The number of para-hydroxylation sites is 1. The van der Waals surface area contributed by atoms with Crippen LogP contribution in [0.2, 0.25) is 0 Å². The number of hydrogen-bond donors (Lipinski definition) is 1. The van der Waals surface area contributed by atoms with Gasteiger partial charge in [-0.3, -0.25) is 0 Å². The molecule has 1 heterocycles. The summed E-state index contributed by atoms with van der Waals surface area (Å²) in [7, 11) is 0. The Labute approximate surface area is 118 Å². The lowest BCUT2D eigenvalue weighted by molar-refractivity contribution is 0.296. The van der Waals surface area contributed by atoms with E-state index in [4.69, 9.17) is 0 Å². The monoisotopic (exact) mass is 260 g/mol. The highest BCUT2D eigenvalue weighted by Crippen LogP contribution is 2.23. The highest BCUT2D eigenvalue weighted by molar-refractivity contribution is 5.52. The fraction of sp³-hybridized carbons (Fsp3) is 0.647. The minimum Gasteiger partial charge on any atom is -0.384 e. The zero-order valence-electron chi connectivity index (χ0n) is 12.5. The maximum Gasteiger partial charge on any atom is 0.0375 e. The molecule has 0 unspecified atom stereocenters. The molecule has 0 spiro atoms. The summed E-state index contributed by atoms with van der Waals surface area (Å²) in [6.45, 7) is 9.32. The van der Waals surface area contributed by atoms with E-state index in [2.05, 4.69) is 48.3 Å². The standard InChI is InChI=1S/C17H28N2/c1-15(2)16-9-5-6-10-17(16)18-11-14-19-12-7-3-4-8-13-19/h5-6,9-10,15,18H,3-4,7-8,11-14H2,1-2H3. The molecule has 1 aliphatic heterocycles. The van der Waals surface area contributed by atoms with Crippen molar-refractivity contribution < 1.29 is 0 Å². The van der Waals surface area contributed by atoms with Crippen LogP contribution in [0.1, 0.15) is 51.0 Å². The fourth-order valence-electron chi connectivity index (χ4n) is 2.87. The summed E-state index contributed by atoms with van der Waals surface area (Å²) in [5.74, 6) is 0.585. The highest BCUT2D eigenvalue weighted by atomic mass is 15.1. The molecule has 2 rings (SSSR count). The van der Waals surface area contributed by atoms with Gasteiger partial charge in [0, 0.05) is 18.8 Å². The van der Waals surface area contributed by atoms with Crippen LogP contribution in [0, 0.1) is 0 Å². The molecule has 1 saturated heterocycles. The summed E-state index contributed by atoms with van der Waals surface area (Å²) in [5, 5.41) is 3.62. The first kappa shape index (κ1) is 14.4. The van der Waals surface area contributed by atoms with Gasteiger partial charge in [0.25, 0.3) is 0 Å². The predicted octanol–water partition coefficient (Wildman–Crippen LogP) is 4.10. The van der Waals surface area contributed by atoms with Gasteiger partial charge in [0.2, 0.25) is 0 Å². The molecule has 0 aromatic heterocycles. The van der Waals surface area contributed by atoms with Crippen molar-refractivity contribution in [2.24, 2.45) is 0 Å². The Balaban J connectivity index is 1.81. The van der Waals surface area contributed by atoms with Gasteiger partial charge in [-0.2, -0.15) is 0 Å². The minimum atomic E-state index is 0.585. The third-order valence-corrected chi connectivity index (χ3v) is 4.02. The molecule has 0 atom stereocenters. The van der Waals surface area contributed by atoms with Crippen LogP contribution < -0.4 is 5.32 Å². The molecule has 1 aliphatic rings. The topological polar surface area (TPSA) is 15.3 Å². The van der Waals surface area contributed by atoms with E-state index < -0.39 is 0 Å². The van der Waals surface area contributed by atoms with E-state index in [-0.39, 0.29) is 0 Å². The largest absolute Gasteiger partial charge is 0.384 e. The van der Waals surface area contributed by atoms with Gasteiger partial charge in [-0.25, -0.2) is 0 Å². The molecule has 1 N–H and O–H groups in total. The Morgan fingerprint density at radius 3 is 2.42 bits per heavy atom. The number of likely N-dealkylation sites (tertiary alicyclic amines) is 1. The lowest BCUT2D eigenvalue weighted by Crippen LogP contribution is -2.30. The summed E-state index contributed by atoms with van der Waals surface area (Å²) in [4.78, 5) is 2.61. The van der Waals surface area contributed by atoms with Crippen LogP contribution in [0.5, 0.6) is 0 Å². The maximum atomic E-state index is 3.62. The van der Waals surface area contributed by atoms with Crippen molar-refractivity contribution in [3.8, 4) is 0 Å². The van der Waals surface area contributed by atoms with Gasteiger partial charge in [-0.1, -0.05) is 44.9 Å². The molecule has 2 nitrogen and oxygen atoms in total. The van der Waals surface area contributed by atoms with E-state index in [0.29, 0.717) is 5.92 Å². The first-order valence-corrected chi connectivity index (χ1v) is 7.82. The second kappa shape index (κ2) is 7.54. The Morgan fingerprint density at radius 2 is 1.74 bits per heavy atom. The average Bonchev–Trinajstić information content (AvgIpc) is 2.68. The fourth-order valence-corrected chi connectivity index (χ4v) is 2.87. The van der Waals surface area contributed by atoms with Crippen LogP contribution in [-0.2, 0) is 0 Å². The van der Waals surface area contributed by atoms with E-state index in [1.165, 1.54) is 56.6 Å². The third kappa shape index (κ3) is 4.54. The zero-order chi connectivity index (χ0) is 13.5. The van der Waals surface area contributed by atoms with E-state index in [9.17, 15) is 0 Å². The van der Waals surface area contributed by atoms with Crippen LogP contribution >= 0.6 is 0 Å². The first-order valence-electron chi connectivity index (χ1n) is 7.82. The van der Waals surface area contributed by atoms with E-state index in [0.717, 1.165) is 6.54 Å². The van der Waals surface area contributed by atoms with Crippen LogP contribution in [-0.4, -0.2) is 31.1 Å². The van der Waals surface area contributed by atoms with Crippen molar-refractivity contribution in [2.45, 2.75) is 45.4 Å². The van der Waals surface area contributed by atoms with Crippen molar-refractivity contribution in [1.82, 2.24) is 4.90 Å². The summed E-state index contributed by atoms with van der Waals surface area (Å²) >= 11 is 0. The van der Waals surface area contributed by atoms with Crippen LogP contribution in [0.4, 0.5) is 5.69 Å². The van der Waals surface area contributed by atoms with Gasteiger partial charge in [0.05, 0.1) is 0 Å². The Hall–Kier alpha value is -1.02.